The number of carbonyl (C=O) groups excluding carboxylic acids is 1. The molecule has 1 amide bonds. The van der Waals surface area contributed by atoms with Crippen LogP contribution in [0.25, 0.3) is 27.7 Å². The van der Waals surface area contributed by atoms with Gasteiger partial charge in [0.25, 0.3) is 0 Å². The Balaban J connectivity index is 1.70. The highest BCUT2D eigenvalue weighted by atomic mass is 19.1. The molecule has 34 heavy (non-hydrogen) atoms. The number of allylic oxidation sites excluding steroid dienone is 1. The second-order valence-electron chi connectivity index (χ2n) is 7.59. The van der Waals surface area contributed by atoms with Crippen molar-refractivity contribution < 1.29 is 27.8 Å². The second kappa shape index (κ2) is 9.70. The summed E-state index contributed by atoms with van der Waals surface area (Å²) in [6, 6.07) is 15.0. The predicted molar refractivity (Wildman–Crippen MR) is 130 cm³/mol. The SMILES string of the molecule is COc1ccc(OC)c(NC(=O)/C=C(\C)c2cc3c(-c4ccc(F)cc4)coc3cc2OC)c1. The molecule has 3 aromatic carbocycles. The van der Waals surface area contributed by atoms with Crippen molar-refractivity contribution in [1.82, 2.24) is 0 Å². The third-order valence-electron chi connectivity index (χ3n) is 5.49. The van der Waals surface area contributed by atoms with Gasteiger partial charge in [-0.3, -0.25) is 4.79 Å². The highest BCUT2D eigenvalue weighted by molar-refractivity contribution is 6.06. The van der Waals surface area contributed by atoms with Gasteiger partial charge in [-0.1, -0.05) is 12.1 Å². The van der Waals surface area contributed by atoms with Gasteiger partial charge in [-0.2, -0.15) is 0 Å². The number of amides is 1. The zero-order valence-corrected chi connectivity index (χ0v) is 19.3. The van der Waals surface area contributed by atoms with Crippen LogP contribution in [-0.4, -0.2) is 27.2 Å². The maximum atomic E-state index is 13.4. The average molecular weight is 461 g/mol. The van der Waals surface area contributed by atoms with Gasteiger partial charge in [0.1, 0.15) is 28.6 Å². The number of carbonyl (C=O) groups is 1. The molecule has 0 fully saturated rings. The maximum absolute atomic E-state index is 13.4. The minimum Gasteiger partial charge on any atom is -0.497 e. The van der Waals surface area contributed by atoms with Crippen LogP contribution in [0, 0.1) is 5.82 Å². The zero-order chi connectivity index (χ0) is 24.2. The molecule has 0 saturated carbocycles. The Kier molecular flexibility index (Phi) is 6.54. The van der Waals surface area contributed by atoms with E-state index in [9.17, 15) is 9.18 Å². The van der Waals surface area contributed by atoms with Crippen LogP contribution in [0.1, 0.15) is 12.5 Å². The van der Waals surface area contributed by atoms with Gasteiger partial charge in [0.2, 0.25) is 5.91 Å². The first-order chi connectivity index (χ1) is 16.4. The summed E-state index contributed by atoms with van der Waals surface area (Å²) >= 11 is 0. The first kappa shape index (κ1) is 22.9. The van der Waals surface area contributed by atoms with Crippen LogP contribution in [0.2, 0.25) is 0 Å². The van der Waals surface area contributed by atoms with E-state index in [1.165, 1.54) is 25.3 Å². The van der Waals surface area contributed by atoms with Crippen LogP contribution in [0.15, 0.2) is 71.4 Å². The van der Waals surface area contributed by atoms with E-state index in [2.05, 4.69) is 5.32 Å². The third kappa shape index (κ3) is 4.59. The molecule has 1 N–H and O–H groups in total. The summed E-state index contributed by atoms with van der Waals surface area (Å²) in [5, 5.41) is 3.66. The first-order valence-corrected chi connectivity index (χ1v) is 10.5. The number of anilines is 1. The predicted octanol–water partition coefficient (Wildman–Crippen LogP) is 6.31. The first-order valence-electron chi connectivity index (χ1n) is 10.5. The molecule has 0 spiro atoms. The van der Waals surface area contributed by atoms with Gasteiger partial charge in [0, 0.05) is 34.7 Å². The minimum absolute atomic E-state index is 0.309. The second-order valence-corrected chi connectivity index (χ2v) is 7.59. The summed E-state index contributed by atoms with van der Waals surface area (Å²) in [5.41, 5.74) is 4.17. The van der Waals surface area contributed by atoms with Gasteiger partial charge < -0.3 is 23.9 Å². The van der Waals surface area contributed by atoms with Crippen LogP contribution in [0.4, 0.5) is 10.1 Å². The summed E-state index contributed by atoms with van der Waals surface area (Å²) in [4.78, 5) is 12.8. The summed E-state index contributed by atoms with van der Waals surface area (Å²) in [7, 11) is 4.64. The lowest BCUT2D eigenvalue weighted by Crippen LogP contribution is -2.10. The maximum Gasteiger partial charge on any atom is 0.248 e. The number of nitrogens with one attached hydrogen (secondary N) is 1. The normalized spacial score (nSPS) is 11.4. The van der Waals surface area contributed by atoms with Crippen LogP contribution in [0.3, 0.4) is 0 Å². The Bertz CT molecular complexity index is 1370. The lowest BCUT2D eigenvalue weighted by Gasteiger charge is -2.12. The molecule has 174 valence electrons. The molecular weight excluding hydrogens is 437 g/mol. The Morgan fingerprint density at radius 3 is 2.35 bits per heavy atom. The largest absolute Gasteiger partial charge is 0.497 e. The van der Waals surface area contributed by atoms with E-state index in [4.69, 9.17) is 18.6 Å². The van der Waals surface area contributed by atoms with Crippen LogP contribution in [-0.2, 0) is 4.79 Å². The van der Waals surface area contributed by atoms with Crippen molar-refractivity contribution in [2.45, 2.75) is 6.92 Å². The van der Waals surface area contributed by atoms with Crippen molar-refractivity contribution in [3.8, 4) is 28.4 Å². The smallest absolute Gasteiger partial charge is 0.248 e. The number of halogens is 1. The molecule has 4 rings (SSSR count). The third-order valence-corrected chi connectivity index (χ3v) is 5.49. The number of fused-ring (bicyclic) bond motifs is 1. The number of benzene rings is 3. The summed E-state index contributed by atoms with van der Waals surface area (Å²) in [5.74, 6) is 1.03. The van der Waals surface area contributed by atoms with Crippen LogP contribution in [0.5, 0.6) is 17.2 Å². The fraction of sp³-hybridized carbons (Fsp3) is 0.148. The Hall–Kier alpha value is -4.26. The Morgan fingerprint density at radius 2 is 1.68 bits per heavy atom. The minimum atomic E-state index is -0.336. The van der Waals surface area contributed by atoms with Crippen LogP contribution < -0.4 is 19.5 Å². The van der Waals surface area contributed by atoms with Gasteiger partial charge in [-0.15, -0.1) is 0 Å². The highest BCUT2D eigenvalue weighted by Gasteiger charge is 2.16. The van der Waals surface area contributed by atoms with Gasteiger partial charge in [-0.25, -0.2) is 4.39 Å². The van der Waals surface area contributed by atoms with E-state index in [1.54, 1.807) is 56.9 Å². The zero-order valence-electron chi connectivity index (χ0n) is 19.3. The Morgan fingerprint density at radius 1 is 0.941 bits per heavy atom. The molecule has 0 saturated heterocycles. The van der Waals surface area contributed by atoms with Gasteiger partial charge >= 0.3 is 0 Å². The molecule has 0 radical (unpaired) electrons. The number of furan rings is 1. The Labute approximate surface area is 196 Å². The lowest BCUT2D eigenvalue weighted by atomic mass is 9.99. The molecular formula is C27H24FNO5. The summed E-state index contributed by atoms with van der Waals surface area (Å²) in [6.45, 7) is 1.82. The molecule has 4 aromatic rings. The highest BCUT2D eigenvalue weighted by Crippen LogP contribution is 2.37. The fourth-order valence-corrected chi connectivity index (χ4v) is 3.74. The molecule has 0 atom stereocenters. The van der Waals surface area contributed by atoms with E-state index in [0.717, 1.165) is 22.1 Å². The van der Waals surface area contributed by atoms with Crippen molar-refractivity contribution >= 4 is 28.1 Å². The van der Waals surface area contributed by atoms with Crippen molar-refractivity contribution in [3.63, 3.8) is 0 Å². The molecule has 0 aliphatic rings. The monoisotopic (exact) mass is 461 g/mol. The quantitative estimate of drug-likeness (QED) is 0.327. The number of rotatable bonds is 7. The van der Waals surface area contributed by atoms with Crippen molar-refractivity contribution in [3.05, 3.63) is 78.3 Å². The average Bonchev–Trinajstić information content (AvgIpc) is 3.26. The molecule has 1 heterocycles. The molecule has 7 heteroatoms. The van der Waals surface area contributed by atoms with Crippen molar-refractivity contribution in [2.75, 3.05) is 26.6 Å². The summed E-state index contributed by atoms with van der Waals surface area (Å²) < 4.78 is 35.2. The molecule has 0 aliphatic carbocycles. The molecule has 1 aromatic heterocycles. The fourth-order valence-electron chi connectivity index (χ4n) is 3.74. The molecule has 0 bridgehead atoms. The lowest BCUT2D eigenvalue weighted by molar-refractivity contribution is -0.111. The van der Waals surface area contributed by atoms with Gasteiger partial charge in [-0.05, 0) is 48.4 Å². The van der Waals surface area contributed by atoms with E-state index >= 15 is 0 Å². The number of methoxy groups -OCH3 is 3. The number of hydrogen-bond donors (Lipinski definition) is 1. The van der Waals surface area contributed by atoms with Crippen molar-refractivity contribution in [2.24, 2.45) is 0 Å². The topological polar surface area (TPSA) is 69.9 Å². The number of hydrogen-bond acceptors (Lipinski definition) is 5. The van der Waals surface area contributed by atoms with E-state index in [0.29, 0.717) is 34.1 Å². The number of ether oxygens (including phenoxy) is 3. The molecule has 0 aliphatic heterocycles. The molecule has 0 unspecified atom stereocenters. The van der Waals surface area contributed by atoms with E-state index in [1.807, 2.05) is 13.0 Å². The van der Waals surface area contributed by atoms with Gasteiger partial charge in [0.05, 0.1) is 33.3 Å². The van der Waals surface area contributed by atoms with E-state index < -0.39 is 0 Å². The van der Waals surface area contributed by atoms with Crippen molar-refractivity contribution in [1.29, 1.82) is 0 Å². The van der Waals surface area contributed by atoms with Crippen LogP contribution >= 0.6 is 0 Å². The standard InChI is InChI=1S/C27H24FNO5/c1-16(11-27(30)29-23-12-19(31-2)9-10-24(23)32-3)20-13-21-22(17-5-7-18(28)8-6-17)15-34-26(21)14-25(20)33-4/h5-15H,1-4H3,(H,29,30)/b16-11+. The summed E-state index contributed by atoms with van der Waals surface area (Å²) in [6.07, 6.45) is 3.11. The van der Waals surface area contributed by atoms with Gasteiger partial charge in [0.15, 0.2) is 0 Å². The van der Waals surface area contributed by atoms with E-state index in [-0.39, 0.29) is 11.7 Å². The molecule has 6 nitrogen and oxygen atoms in total.